The summed E-state index contributed by atoms with van der Waals surface area (Å²) in [5.74, 6) is 1.54. The van der Waals surface area contributed by atoms with Gasteiger partial charge < -0.3 is 10.1 Å². The van der Waals surface area contributed by atoms with Gasteiger partial charge in [-0.3, -0.25) is 14.5 Å². The van der Waals surface area contributed by atoms with Crippen molar-refractivity contribution in [2.75, 3.05) is 7.11 Å². The van der Waals surface area contributed by atoms with Gasteiger partial charge in [0.05, 0.1) is 13.2 Å². The maximum atomic E-state index is 12.9. The molecule has 1 unspecified atom stereocenters. The maximum Gasteiger partial charge on any atom is 0.240 e. The number of aromatic amines is 1. The third kappa shape index (κ3) is 4.92. The van der Waals surface area contributed by atoms with Crippen molar-refractivity contribution in [1.29, 1.82) is 0 Å². The van der Waals surface area contributed by atoms with Crippen molar-refractivity contribution in [3.05, 3.63) is 64.4 Å². The average molecular weight is 411 g/mol. The van der Waals surface area contributed by atoms with Crippen molar-refractivity contribution in [2.45, 2.75) is 33.4 Å². The molecule has 1 aromatic heterocycles. The van der Waals surface area contributed by atoms with Crippen LogP contribution in [0, 0.1) is 17.6 Å². The van der Waals surface area contributed by atoms with Gasteiger partial charge in [-0.25, -0.2) is 0 Å². The first-order valence-corrected chi connectivity index (χ1v) is 9.95. The summed E-state index contributed by atoms with van der Waals surface area (Å²) >= 11 is 5.35. The second-order valence-electron chi connectivity index (χ2n) is 7.37. The van der Waals surface area contributed by atoms with Crippen molar-refractivity contribution < 1.29 is 9.53 Å². The predicted molar refractivity (Wildman–Crippen MR) is 116 cm³/mol. The van der Waals surface area contributed by atoms with Gasteiger partial charge in [0.1, 0.15) is 12.3 Å². The van der Waals surface area contributed by atoms with E-state index >= 15 is 0 Å². The summed E-state index contributed by atoms with van der Waals surface area (Å²) < 4.78 is 7.36. The van der Waals surface area contributed by atoms with Crippen LogP contribution in [0.15, 0.2) is 48.5 Å². The number of nitrogens with one attached hydrogen (secondary N) is 2. The molecule has 0 aliphatic carbocycles. The average Bonchev–Trinajstić information content (AvgIpc) is 3.07. The number of ether oxygens (including phenoxy) is 1. The molecule has 152 valence electrons. The Labute approximate surface area is 175 Å². The highest BCUT2D eigenvalue weighted by Crippen LogP contribution is 2.24. The predicted octanol–water partition coefficient (Wildman–Crippen LogP) is 4.44. The highest BCUT2D eigenvalue weighted by atomic mass is 32.1. The molecular formula is C22H26N4O2S. The molecule has 3 aromatic rings. The fraction of sp³-hybridized carbons (Fsp3) is 0.318. The van der Waals surface area contributed by atoms with E-state index in [2.05, 4.69) is 29.4 Å². The molecule has 3 rings (SSSR count). The Kier molecular flexibility index (Phi) is 6.49. The van der Waals surface area contributed by atoms with Crippen LogP contribution in [0.5, 0.6) is 5.75 Å². The first-order valence-electron chi connectivity index (χ1n) is 9.54. The van der Waals surface area contributed by atoms with Crippen molar-refractivity contribution in [2.24, 2.45) is 5.92 Å². The van der Waals surface area contributed by atoms with Crippen LogP contribution in [-0.4, -0.2) is 27.8 Å². The molecule has 2 N–H and O–H groups in total. The molecule has 7 heteroatoms. The molecule has 1 atom stereocenters. The van der Waals surface area contributed by atoms with Crippen molar-refractivity contribution in [3.63, 3.8) is 0 Å². The molecule has 1 amide bonds. The number of aromatic nitrogens is 3. The van der Waals surface area contributed by atoms with Gasteiger partial charge in [-0.1, -0.05) is 55.8 Å². The number of methoxy groups -OCH3 is 1. The van der Waals surface area contributed by atoms with Gasteiger partial charge in [-0.05, 0) is 42.8 Å². The summed E-state index contributed by atoms with van der Waals surface area (Å²) in [6.45, 7) is 6.28. The van der Waals surface area contributed by atoms with Crippen molar-refractivity contribution in [3.8, 4) is 17.1 Å². The minimum Gasteiger partial charge on any atom is -0.497 e. The molecule has 6 nitrogen and oxygen atoms in total. The molecular weight excluding hydrogens is 384 g/mol. The van der Waals surface area contributed by atoms with Gasteiger partial charge >= 0.3 is 0 Å². The van der Waals surface area contributed by atoms with Crippen molar-refractivity contribution >= 4 is 18.1 Å². The summed E-state index contributed by atoms with van der Waals surface area (Å²) in [7, 11) is 1.64. The zero-order valence-electron chi connectivity index (χ0n) is 17.1. The van der Waals surface area contributed by atoms with Crippen LogP contribution in [0.1, 0.15) is 31.0 Å². The lowest BCUT2D eigenvalue weighted by Crippen LogP contribution is -2.34. The zero-order chi connectivity index (χ0) is 21.0. The Hall–Kier alpha value is -2.93. The number of rotatable bonds is 7. The number of hydrogen-bond donors (Lipinski definition) is 2. The zero-order valence-corrected chi connectivity index (χ0v) is 17.9. The van der Waals surface area contributed by atoms with Gasteiger partial charge in [-0.15, -0.1) is 0 Å². The largest absolute Gasteiger partial charge is 0.497 e. The Balaban J connectivity index is 1.79. The number of aryl methyl sites for hydroxylation is 1. The van der Waals surface area contributed by atoms with Gasteiger partial charge in [0.2, 0.25) is 5.91 Å². The Morgan fingerprint density at radius 1 is 1.17 bits per heavy atom. The number of carbonyl (C=O) groups excluding carboxylic acids is 1. The van der Waals surface area contributed by atoms with E-state index in [1.54, 1.807) is 11.7 Å². The standard InChI is InChI=1S/C22H26N4O2S/c1-14(2)20(16-9-11-18(28-4)12-10-16)23-19(27)13-26-21(24-25-22(26)29)17-7-5-15(3)6-8-17/h5-12,14,20H,13H2,1-4H3,(H,23,27)(H,25,29). The molecule has 0 bridgehead atoms. The summed E-state index contributed by atoms with van der Waals surface area (Å²) in [5.41, 5.74) is 3.10. The quantitative estimate of drug-likeness (QED) is 0.565. The van der Waals surface area contributed by atoms with E-state index in [1.807, 2.05) is 55.5 Å². The minimum atomic E-state index is -0.120. The third-order valence-electron chi connectivity index (χ3n) is 4.83. The van der Waals surface area contributed by atoms with Crippen LogP contribution < -0.4 is 10.1 Å². The van der Waals surface area contributed by atoms with E-state index in [-0.39, 0.29) is 24.4 Å². The lowest BCUT2D eigenvalue weighted by molar-refractivity contribution is -0.122. The molecule has 0 saturated heterocycles. The molecule has 0 radical (unpaired) electrons. The maximum absolute atomic E-state index is 12.9. The SMILES string of the molecule is COc1ccc(C(NC(=O)Cn2c(-c3ccc(C)cc3)n[nH]c2=S)C(C)C)cc1. The van der Waals surface area contributed by atoms with Gasteiger partial charge in [0, 0.05) is 5.56 Å². The monoisotopic (exact) mass is 410 g/mol. The molecule has 0 aliphatic rings. The first-order chi connectivity index (χ1) is 13.9. The number of nitrogens with zero attached hydrogens (tertiary/aromatic N) is 2. The van der Waals surface area contributed by atoms with Gasteiger partial charge in [-0.2, -0.15) is 5.10 Å². The number of carbonyl (C=O) groups is 1. The smallest absolute Gasteiger partial charge is 0.240 e. The molecule has 0 fully saturated rings. The van der Waals surface area contributed by atoms with Crippen LogP contribution in [0.3, 0.4) is 0 Å². The molecule has 0 spiro atoms. The van der Waals surface area contributed by atoms with E-state index in [4.69, 9.17) is 17.0 Å². The highest BCUT2D eigenvalue weighted by molar-refractivity contribution is 7.71. The van der Waals surface area contributed by atoms with E-state index in [0.29, 0.717) is 10.6 Å². The van der Waals surface area contributed by atoms with E-state index in [9.17, 15) is 4.79 Å². The minimum absolute atomic E-state index is 0.0952. The number of H-pyrrole nitrogens is 1. The number of benzene rings is 2. The Bertz CT molecular complexity index is 1020. The molecule has 0 aliphatic heterocycles. The Morgan fingerprint density at radius 3 is 2.41 bits per heavy atom. The van der Waals surface area contributed by atoms with Crippen LogP contribution in [0.25, 0.3) is 11.4 Å². The van der Waals surface area contributed by atoms with Crippen LogP contribution >= 0.6 is 12.2 Å². The van der Waals surface area contributed by atoms with E-state index < -0.39 is 0 Å². The molecule has 29 heavy (non-hydrogen) atoms. The third-order valence-corrected chi connectivity index (χ3v) is 5.14. The topological polar surface area (TPSA) is 71.9 Å². The summed E-state index contributed by atoms with van der Waals surface area (Å²) in [6, 6.07) is 15.6. The lowest BCUT2D eigenvalue weighted by Gasteiger charge is -2.23. The van der Waals surface area contributed by atoms with Crippen molar-refractivity contribution in [1.82, 2.24) is 20.1 Å². The van der Waals surface area contributed by atoms with Crippen LogP contribution in [0.2, 0.25) is 0 Å². The molecule has 2 aromatic carbocycles. The fourth-order valence-corrected chi connectivity index (χ4v) is 3.39. The second-order valence-corrected chi connectivity index (χ2v) is 7.75. The summed E-state index contributed by atoms with van der Waals surface area (Å²) in [5, 5.41) is 10.2. The normalized spacial score (nSPS) is 12.0. The Morgan fingerprint density at radius 2 is 1.83 bits per heavy atom. The fourth-order valence-electron chi connectivity index (χ4n) is 3.20. The van der Waals surface area contributed by atoms with Crippen LogP contribution in [-0.2, 0) is 11.3 Å². The summed E-state index contributed by atoms with van der Waals surface area (Å²) in [6.07, 6.45) is 0. The molecule has 0 saturated carbocycles. The number of amides is 1. The second kappa shape index (κ2) is 9.05. The van der Waals surface area contributed by atoms with Gasteiger partial charge in [0.25, 0.3) is 0 Å². The number of hydrogen-bond acceptors (Lipinski definition) is 4. The summed E-state index contributed by atoms with van der Waals surface area (Å²) in [4.78, 5) is 12.9. The highest BCUT2D eigenvalue weighted by Gasteiger charge is 2.20. The molecule has 1 heterocycles. The van der Waals surface area contributed by atoms with E-state index in [0.717, 1.165) is 22.4 Å². The lowest BCUT2D eigenvalue weighted by atomic mass is 9.96. The van der Waals surface area contributed by atoms with Crippen LogP contribution in [0.4, 0.5) is 0 Å². The van der Waals surface area contributed by atoms with E-state index in [1.165, 1.54) is 0 Å². The van der Waals surface area contributed by atoms with Gasteiger partial charge in [0.15, 0.2) is 10.6 Å². The first kappa shape index (κ1) is 20.8.